The molecule has 5 heteroatoms. The van der Waals surface area contributed by atoms with Gasteiger partial charge in [-0.1, -0.05) is 18.2 Å². The van der Waals surface area contributed by atoms with Crippen LogP contribution >= 0.6 is 12.2 Å². The molecule has 0 aliphatic carbocycles. The lowest BCUT2D eigenvalue weighted by Crippen LogP contribution is -2.38. The van der Waals surface area contributed by atoms with E-state index in [4.69, 9.17) is 17.3 Å². The van der Waals surface area contributed by atoms with Crippen molar-refractivity contribution in [3.8, 4) is 0 Å². The molecule has 0 atom stereocenters. The average molecular weight is 228 g/mol. The fourth-order valence-electron chi connectivity index (χ4n) is 0.733. The standard InChI is InChI=1S/C10H16N2O2S/c1-2-3-4-6-9(14)12-10(15)11-7-5-8-13/h2-4,6,13H,5,7-8H2,1H3,(H2,11,12,14,15). The van der Waals surface area contributed by atoms with Crippen LogP contribution in [0.1, 0.15) is 13.3 Å². The van der Waals surface area contributed by atoms with Gasteiger partial charge in [-0.2, -0.15) is 0 Å². The third kappa shape index (κ3) is 9.11. The molecule has 0 aromatic heterocycles. The third-order valence-electron chi connectivity index (χ3n) is 1.41. The Morgan fingerprint density at radius 2 is 2.20 bits per heavy atom. The number of carbonyl (C=O) groups is 1. The first-order valence-electron chi connectivity index (χ1n) is 4.69. The van der Waals surface area contributed by atoms with Crippen LogP contribution in [0.3, 0.4) is 0 Å². The molecule has 84 valence electrons. The van der Waals surface area contributed by atoms with E-state index in [-0.39, 0.29) is 17.6 Å². The zero-order valence-electron chi connectivity index (χ0n) is 8.69. The number of aliphatic hydroxyl groups excluding tert-OH is 1. The Morgan fingerprint density at radius 1 is 1.47 bits per heavy atom. The molecule has 0 saturated carbocycles. The van der Waals surface area contributed by atoms with E-state index in [1.54, 1.807) is 12.2 Å². The molecule has 0 rings (SSSR count). The van der Waals surface area contributed by atoms with E-state index in [1.807, 2.05) is 13.0 Å². The summed E-state index contributed by atoms with van der Waals surface area (Å²) in [5, 5.41) is 14.1. The monoisotopic (exact) mass is 228 g/mol. The zero-order chi connectivity index (χ0) is 11.5. The van der Waals surface area contributed by atoms with Crippen LogP contribution < -0.4 is 10.6 Å². The molecule has 0 aromatic rings. The number of amides is 1. The molecule has 3 N–H and O–H groups in total. The largest absolute Gasteiger partial charge is 0.396 e. The molecule has 0 aliphatic heterocycles. The Hall–Kier alpha value is -1.20. The Balaban J connectivity index is 3.71. The van der Waals surface area contributed by atoms with Crippen molar-refractivity contribution >= 4 is 23.2 Å². The zero-order valence-corrected chi connectivity index (χ0v) is 9.51. The van der Waals surface area contributed by atoms with Crippen molar-refractivity contribution < 1.29 is 9.90 Å². The Morgan fingerprint density at radius 3 is 2.80 bits per heavy atom. The van der Waals surface area contributed by atoms with Crippen LogP contribution in [-0.2, 0) is 4.79 Å². The number of hydrogen-bond donors (Lipinski definition) is 3. The van der Waals surface area contributed by atoms with Crippen molar-refractivity contribution in [2.45, 2.75) is 13.3 Å². The van der Waals surface area contributed by atoms with E-state index in [9.17, 15) is 4.79 Å². The van der Waals surface area contributed by atoms with Crippen LogP contribution in [0.15, 0.2) is 24.3 Å². The molecule has 0 radical (unpaired) electrons. The van der Waals surface area contributed by atoms with Crippen LogP contribution in [0.2, 0.25) is 0 Å². The van der Waals surface area contributed by atoms with E-state index in [1.165, 1.54) is 6.08 Å². The van der Waals surface area contributed by atoms with Gasteiger partial charge in [-0.05, 0) is 25.6 Å². The number of thiocarbonyl (C=S) groups is 1. The number of carbonyl (C=O) groups excluding carboxylic acids is 1. The molecule has 4 nitrogen and oxygen atoms in total. The minimum absolute atomic E-state index is 0.102. The van der Waals surface area contributed by atoms with Crippen molar-refractivity contribution in [2.75, 3.05) is 13.2 Å². The van der Waals surface area contributed by atoms with Gasteiger partial charge < -0.3 is 10.4 Å². The number of allylic oxidation sites excluding steroid dienone is 3. The van der Waals surface area contributed by atoms with E-state index in [2.05, 4.69) is 10.6 Å². The summed E-state index contributed by atoms with van der Waals surface area (Å²) in [7, 11) is 0. The molecule has 0 saturated heterocycles. The summed E-state index contributed by atoms with van der Waals surface area (Å²) in [4.78, 5) is 11.2. The van der Waals surface area contributed by atoms with Crippen molar-refractivity contribution in [3.05, 3.63) is 24.3 Å². The van der Waals surface area contributed by atoms with E-state index in [0.717, 1.165) is 0 Å². The molecule has 0 fully saturated rings. The molecule has 15 heavy (non-hydrogen) atoms. The molecule has 0 aliphatic rings. The molecule has 0 aromatic carbocycles. The van der Waals surface area contributed by atoms with Crippen LogP contribution in [0, 0.1) is 0 Å². The van der Waals surface area contributed by atoms with Crippen LogP contribution in [0.5, 0.6) is 0 Å². The van der Waals surface area contributed by atoms with Gasteiger partial charge in [0, 0.05) is 19.2 Å². The summed E-state index contributed by atoms with van der Waals surface area (Å²) in [5.41, 5.74) is 0. The van der Waals surface area contributed by atoms with Gasteiger partial charge in [0.25, 0.3) is 0 Å². The fraction of sp³-hybridized carbons (Fsp3) is 0.400. The van der Waals surface area contributed by atoms with Gasteiger partial charge in [0.15, 0.2) is 5.11 Å². The molecule has 0 heterocycles. The highest BCUT2D eigenvalue weighted by molar-refractivity contribution is 7.80. The summed E-state index contributed by atoms with van der Waals surface area (Å²) < 4.78 is 0. The van der Waals surface area contributed by atoms with Crippen LogP contribution in [-0.4, -0.2) is 29.3 Å². The molecular weight excluding hydrogens is 212 g/mol. The Labute approximate surface area is 95.1 Å². The summed E-state index contributed by atoms with van der Waals surface area (Å²) >= 11 is 4.85. The second-order valence-corrected chi connectivity index (χ2v) is 3.12. The predicted molar refractivity (Wildman–Crippen MR) is 64.4 cm³/mol. The number of nitrogens with one attached hydrogen (secondary N) is 2. The van der Waals surface area contributed by atoms with Gasteiger partial charge in [-0.3, -0.25) is 10.1 Å². The van der Waals surface area contributed by atoms with Crippen LogP contribution in [0.4, 0.5) is 0 Å². The highest BCUT2D eigenvalue weighted by Crippen LogP contribution is 1.79. The van der Waals surface area contributed by atoms with Gasteiger partial charge in [0.1, 0.15) is 0 Å². The highest BCUT2D eigenvalue weighted by atomic mass is 32.1. The summed E-state index contributed by atoms with van der Waals surface area (Å²) in [6.45, 7) is 2.52. The molecule has 0 bridgehead atoms. The first-order valence-corrected chi connectivity index (χ1v) is 5.10. The lowest BCUT2D eigenvalue weighted by Gasteiger charge is -2.06. The Bertz CT molecular complexity index is 262. The summed E-state index contributed by atoms with van der Waals surface area (Å²) in [6.07, 6.45) is 7.19. The van der Waals surface area contributed by atoms with Crippen molar-refractivity contribution in [1.29, 1.82) is 0 Å². The molecular formula is C10H16N2O2S. The van der Waals surface area contributed by atoms with E-state index < -0.39 is 0 Å². The third-order valence-corrected chi connectivity index (χ3v) is 1.65. The Kier molecular flexibility index (Phi) is 8.61. The summed E-state index contributed by atoms with van der Waals surface area (Å²) in [6, 6.07) is 0. The smallest absolute Gasteiger partial charge is 0.250 e. The molecule has 0 unspecified atom stereocenters. The van der Waals surface area contributed by atoms with Crippen molar-refractivity contribution in [3.63, 3.8) is 0 Å². The topological polar surface area (TPSA) is 61.4 Å². The fourth-order valence-corrected chi connectivity index (χ4v) is 0.935. The minimum atomic E-state index is -0.269. The lowest BCUT2D eigenvalue weighted by atomic mass is 10.4. The lowest BCUT2D eigenvalue weighted by molar-refractivity contribution is -0.115. The van der Waals surface area contributed by atoms with Crippen molar-refractivity contribution in [2.24, 2.45) is 0 Å². The highest BCUT2D eigenvalue weighted by Gasteiger charge is 1.98. The van der Waals surface area contributed by atoms with Gasteiger partial charge in [-0.15, -0.1) is 0 Å². The average Bonchev–Trinajstić information content (AvgIpc) is 2.18. The first-order chi connectivity index (χ1) is 7.20. The second kappa shape index (κ2) is 9.36. The summed E-state index contributed by atoms with van der Waals surface area (Å²) in [5.74, 6) is -0.269. The number of aliphatic hydroxyl groups is 1. The molecule has 0 spiro atoms. The van der Waals surface area contributed by atoms with Gasteiger partial charge in [0.2, 0.25) is 5.91 Å². The van der Waals surface area contributed by atoms with Gasteiger partial charge in [0.05, 0.1) is 0 Å². The van der Waals surface area contributed by atoms with E-state index in [0.29, 0.717) is 13.0 Å². The predicted octanol–water partition coefficient (Wildman–Crippen LogP) is 0.492. The number of hydrogen-bond acceptors (Lipinski definition) is 3. The minimum Gasteiger partial charge on any atom is -0.396 e. The van der Waals surface area contributed by atoms with Gasteiger partial charge >= 0.3 is 0 Å². The maximum Gasteiger partial charge on any atom is 0.250 e. The SMILES string of the molecule is CC=CC=CC(=O)NC(=S)NCCCO. The maximum atomic E-state index is 11.2. The van der Waals surface area contributed by atoms with Gasteiger partial charge in [-0.25, -0.2) is 0 Å². The first kappa shape index (κ1) is 13.8. The normalized spacial score (nSPS) is 10.8. The van der Waals surface area contributed by atoms with E-state index >= 15 is 0 Å². The van der Waals surface area contributed by atoms with Crippen LogP contribution in [0.25, 0.3) is 0 Å². The second-order valence-electron chi connectivity index (χ2n) is 2.71. The maximum absolute atomic E-state index is 11.2. The number of rotatable bonds is 5. The van der Waals surface area contributed by atoms with Crippen molar-refractivity contribution in [1.82, 2.24) is 10.6 Å². The molecule has 1 amide bonds. The quantitative estimate of drug-likeness (QED) is 0.277.